The first-order valence-electron chi connectivity index (χ1n) is 6.75. The van der Waals surface area contributed by atoms with Crippen LogP contribution in [0.4, 0.5) is 0 Å². The molecule has 0 fully saturated rings. The molecular formula is C15H22BrNO3. The van der Waals surface area contributed by atoms with Crippen LogP contribution in [0.5, 0.6) is 5.75 Å². The molecule has 0 aliphatic carbocycles. The number of hydrogen-bond acceptors (Lipinski definition) is 3. The van der Waals surface area contributed by atoms with Gasteiger partial charge in [0.25, 0.3) is 5.91 Å². The molecule has 2 N–H and O–H groups in total. The van der Waals surface area contributed by atoms with Crippen molar-refractivity contribution >= 4 is 21.8 Å². The fourth-order valence-electron chi connectivity index (χ4n) is 1.84. The molecule has 2 atom stereocenters. The van der Waals surface area contributed by atoms with Crippen LogP contribution >= 0.6 is 15.9 Å². The van der Waals surface area contributed by atoms with Gasteiger partial charge in [0.05, 0.1) is 12.6 Å². The van der Waals surface area contributed by atoms with Crippen LogP contribution in [-0.2, 0) is 4.79 Å². The Morgan fingerprint density at radius 1 is 1.30 bits per heavy atom. The lowest BCUT2D eigenvalue weighted by Gasteiger charge is -2.21. The van der Waals surface area contributed by atoms with Crippen molar-refractivity contribution in [3.63, 3.8) is 0 Å². The molecule has 1 aromatic carbocycles. The molecule has 4 nitrogen and oxygen atoms in total. The third kappa shape index (κ3) is 5.92. The van der Waals surface area contributed by atoms with Gasteiger partial charge in [-0.3, -0.25) is 4.79 Å². The van der Waals surface area contributed by atoms with E-state index in [1.54, 1.807) is 19.1 Å². The topological polar surface area (TPSA) is 58.6 Å². The van der Waals surface area contributed by atoms with E-state index in [9.17, 15) is 9.90 Å². The van der Waals surface area contributed by atoms with E-state index in [-0.39, 0.29) is 18.6 Å². The highest BCUT2D eigenvalue weighted by molar-refractivity contribution is 9.10. The molecule has 0 saturated heterocycles. The number of aliphatic hydroxyl groups excluding tert-OH is 1. The van der Waals surface area contributed by atoms with Crippen molar-refractivity contribution in [2.75, 3.05) is 6.61 Å². The van der Waals surface area contributed by atoms with Crippen LogP contribution in [0.2, 0.25) is 0 Å². The maximum absolute atomic E-state index is 12.0. The second kappa shape index (κ2) is 8.27. The van der Waals surface area contributed by atoms with Crippen molar-refractivity contribution in [2.45, 2.75) is 39.3 Å². The molecule has 1 amide bonds. The summed E-state index contributed by atoms with van der Waals surface area (Å²) in [6.45, 7) is 5.74. The largest absolute Gasteiger partial charge is 0.481 e. The monoisotopic (exact) mass is 343 g/mol. The van der Waals surface area contributed by atoms with Gasteiger partial charge >= 0.3 is 0 Å². The highest BCUT2D eigenvalue weighted by Gasteiger charge is 2.19. The summed E-state index contributed by atoms with van der Waals surface area (Å²) >= 11 is 3.34. The molecule has 1 rings (SSSR count). The van der Waals surface area contributed by atoms with Crippen LogP contribution in [0.1, 0.15) is 27.2 Å². The fourth-order valence-corrected chi connectivity index (χ4v) is 2.10. The minimum atomic E-state index is -0.600. The van der Waals surface area contributed by atoms with Gasteiger partial charge in [-0.15, -0.1) is 0 Å². The number of aliphatic hydroxyl groups is 1. The Morgan fingerprint density at radius 2 is 1.90 bits per heavy atom. The van der Waals surface area contributed by atoms with Crippen molar-refractivity contribution in [1.29, 1.82) is 0 Å². The third-order valence-electron chi connectivity index (χ3n) is 2.82. The number of hydrogen-bond donors (Lipinski definition) is 2. The first-order chi connectivity index (χ1) is 9.42. The van der Waals surface area contributed by atoms with E-state index >= 15 is 0 Å². The van der Waals surface area contributed by atoms with E-state index in [1.807, 2.05) is 12.1 Å². The molecule has 0 heterocycles. The number of benzene rings is 1. The molecule has 0 aromatic heterocycles. The van der Waals surface area contributed by atoms with Gasteiger partial charge in [-0.1, -0.05) is 29.8 Å². The summed E-state index contributed by atoms with van der Waals surface area (Å²) in [6, 6.07) is 7.08. The Balaban J connectivity index is 2.51. The average Bonchev–Trinajstić information content (AvgIpc) is 2.39. The normalized spacial score (nSPS) is 13.9. The summed E-state index contributed by atoms with van der Waals surface area (Å²) in [5.74, 6) is 0.836. The van der Waals surface area contributed by atoms with Gasteiger partial charge in [-0.25, -0.2) is 0 Å². The maximum Gasteiger partial charge on any atom is 0.261 e. The molecule has 0 aliphatic heterocycles. The minimum Gasteiger partial charge on any atom is -0.481 e. The smallest absolute Gasteiger partial charge is 0.261 e. The average molecular weight is 344 g/mol. The van der Waals surface area contributed by atoms with Crippen molar-refractivity contribution in [1.82, 2.24) is 5.32 Å². The Bertz CT molecular complexity index is 420. The molecule has 0 bridgehead atoms. The molecule has 1 aromatic rings. The van der Waals surface area contributed by atoms with Crippen LogP contribution in [0.25, 0.3) is 0 Å². The standard InChI is InChI=1S/C15H22BrNO3/c1-10(2)8-13(9-18)17-15(19)11(3)20-14-6-4-12(16)5-7-14/h4-7,10-11,13,18H,8-9H2,1-3H3,(H,17,19). The highest BCUT2D eigenvalue weighted by atomic mass is 79.9. The zero-order valence-corrected chi connectivity index (χ0v) is 13.7. The van der Waals surface area contributed by atoms with Crippen LogP contribution in [0.3, 0.4) is 0 Å². The molecule has 112 valence electrons. The number of ether oxygens (including phenoxy) is 1. The quantitative estimate of drug-likeness (QED) is 0.800. The van der Waals surface area contributed by atoms with Crippen molar-refractivity contribution in [3.8, 4) is 5.75 Å². The lowest BCUT2D eigenvalue weighted by atomic mass is 10.0. The summed E-state index contributed by atoms with van der Waals surface area (Å²) < 4.78 is 6.52. The van der Waals surface area contributed by atoms with Crippen LogP contribution in [-0.4, -0.2) is 29.8 Å². The van der Waals surface area contributed by atoms with Crippen LogP contribution in [0.15, 0.2) is 28.7 Å². The lowest BCUT2D eigenvalue weighted by Crippen LogP contribution is -2.44. The Hall–Kier alpha value is -1.07. The van der Waals surface area contributed by atoms with Gasteiger partial charge in [-0.05, 0) is 43.5 Å². The van der Waals surface area contributed by atoms with E-state index in [0.717, 1.165) is 10.9 Å². The fraction of sp³-hybridized carbons (Fsp3) is 0.533. The summed E-state index contributed by atoms with van der Waals surface area (Å²) in [5.41, 5.74) is 0. The molecule has 20 heavy (non-hydrogen) atoms. The van der Waals surface area contributed by atoms with Gasteiger partial charge in [0.15, 0.2) is 6.10 Å². The maximum atomic E-state index is 12.0. The summed E-state index contributed by atoms with van der Waals surface area (Å²) in [7, 11) is 0. The van der Waals surface area contributed by atoms with Crippen molar-refractivity contribution < 1.29 is 14.6 Å². The molecule has 5 heteroatoms. The predicted molar refractivity (Wildman–Crippen MR) is 82.7 cm³/mol. The number of nitrogens with one attached hydrogen (secondary N) is 1. The molecule has 0 radical (unpaired) electrons. The van der Waals surface area contributed by atoms with E-state index in [0.29, 0.717) is 11.7 Å². The van der Waals surface area contributed by atoms with Crippen molar-refractivity contribution in [2.24, 2.45) is 5.92 Å². The zero-order valence-electron chi connectivity index (χ0n) is 12.1. The first-order valence-corrected chi connectivity index (χ1v) is 7.55. The van der Waals surface area contributed by atoms with Gasteiger partial charge in [0.1, 0.15) is 5.75 Å². The number of rotatable bonds is 7. The first kappa shape index (κ1) is 17.0. The van der Waals surface area contributed by atoms with Crippen LogP contribution in [0, 0.1) is 5.92 Å². The third-order valence-corrected chi connectivity index (χ3v) is 3.35. The van der Waals surface area contributed by atoms with E-state index in [2.05, 4.69) is 35.1 Å². The second-order valence-electron chi connectivity index (χ2n) is 5.23. The van der Waals surface area contributed by atoms with E-state index in [4.69, 9.17) is 4.74 Å². The number of halogens is 1. The Kier molecular flexibility index (Phi) is 7.02. The second-order valence-corrected chi connectivity index (χ2v) is 6.15. The van der Waals surface area contributed by atoms with E-state index < -0.39 is 6.10 Å². The Morgan fingerprint density at radius 3 is 2.40 bits per heavy atom. The lowest BCUT2D eigenvalue weighted by molar-refractivity contribution is -0.128. The molecule has 0 spiro atoms. The SMILES string of the molecule is CC(C)CC(CO)NC(=O)C(C)Oc1ccc(Br)cc1. The van der Waals surface area contributed by atoms with Gasteiger partial charge in [-0.2, -0.15) is 0 Å². The predicted octanol–water partition coefficient (Wildman–Crippen LogP) is 2.74. The van der Waals surface area contributed by atoms with E-state index in [1.165, 1.54) is 0 Å². The van der Waals surface area contributed by atoms with Crippen molar-refractivity contribution in [3.05, 3.63) is 28.7 Å². The Labute approximate surface area is 128 Å². The number of carbonyl (C=O) groups is 1. The summed E-state index contributed by atoms with van der Waals surface area (Å²) in [6.07, 6.45) is 0.144. The number of carbonyl (C=O) groups excluding carboxylic acids is 1. The zero-order chi connectivity index (χ0) is 15.1. The summed E-state index contributed by atoms with van der Waals surface area (Å²) in [4.78, 5) is 12.0. The molecule has 0 saturated carbocycles. The highest BCUT2D eigenvalue weighted by Crippen LogP contribution is 2.17. The van der Waals surface area contributed by atoms with Crippen LogP contribution < -0.4 is 10.1 Å². The summed E-state index contributed by atoms with van der Waals surface area (Å²) in [5, 5.41) is 12.1. The molecule has 2 unspecified atom stereocenters. The van der Waals surface area contributed by atoms with Gasteiger partial charge in [0.2, 0.25) is 0 Å². The molecular weight excluding hydrogens is 322 g/mol. The van der Waals surface area contributed by atoms with Gasteiger partial charge < -0.3 is 15.2 Å². The molecule has 0 aliphatic rings. The van der Waals surface area contributed by atoms with Gasteiger partial charge in [0, 0.05) is 4.47 Å². The number of amides is 1. The minimum absolute atomic E-state index is 0.0606.